The first-order valence-corrected chi connectivity index (χ1v) is 4.26. The van der Waals surface area contributed by atoms with Gasteiger partial charge in [-0.3, -0.25) is 4.79 Å². The number of rotatable bonds is 2. The molecular weight excluding hydrogens is 241 g/mol. The highest BCUT2D eigenvalue weighted by atomic mass is 35.5. The molecule has 0 aromatic heterocycles. The fraction of sp³-hybridized carbons (Fsp3) is 0.222. The van der Waals surface area contributed by atoms with Crippen LogP contribution in [0.15, 0.2) is 18.2 Å². The molecule has 0 radical (unpaired) electrons. The van der Waals surface area contributed by atoms with E-state index in [9.17, 15) is 9.90 Å². The molecule has 0 aliphatic carbocycles. The highest BCUT2D eigenvalue weighted by Gasteiger charge is 2.19. The molecule has 1 aromatic rings. The third-order valence-corrected chi connectivity index (χ3v) is 2.01. The van der Waals surface area contributed by atoms with Gasteiger partial charge in [0.2, 0.25) is 0 Å². The number of carbonyl (C=O) groups is 1. The van der Waals surface area contributed by atoms with Crippen molar-refractivity contribution >= 4 is 30.0 Å². The number of aromatic hydroxyl groups is 1. The molecule has 0 spiro atoms. The Kier molecular flexibility index (Phi) is 5.43. The molecule has 3 N–H and O–H groups in total. The summed E-state index contributed by atoms with van der Waals surface area (Å²) in [4.78, 5) is 11.1. The van der Waals surface area contributed by atoms with Gasteiger partial charge in [0.15, 0.2) is 0 Å². The molecular formula is C9H11Cl2NO3. The van der Waals surface area contributed by atoms with Gasteiger partial charge in [0, 0.05) is 10.6 Å². The van der Waals surface area contributed by atoms with Crippen LogP contribution >= 0.6 is 24.0 Å². The zero-order chi connectivity index (χ0) is 10.7. The first kappa shape index (κ1) is 14.0. The molecule has 0 aliphatic heterocycles. The smallest absolute Gasteiger partial charge is 0.327 e. The average molecular weight is 252 g/mol. The van der Waals surface area contributed by atoms with Crippen LogP contribution in [0.2, 0.25) is 5.02 Å². The van der Waals surface area contributed by atoms with E-state index in [4.69, 9.17) is 17.3 Å². The minimum Gasteiger partial charge on any atom is -0.508 e. The van der Waals surface area contributed by atoms with Crippen molar-refractivity contribution in [2.45, 2.75) is 6.04 Å². The Morgan fingerprint density at radius 2 is 2.20 bits per heavy atom. The lowest BCUT2D eigenvalue weighted by atomic mass is 10.1. The molecule has 0 unspecified atom stereocenters. The minimum absolute atomic E-state index is 0. The molecule has 0 saturated carbocycles. The number of nitrogens with two attached hydrogens (primary N) is 1. The maximum Gasteiger partial charge on any atom is 0.327 e. The SMILES string of the molecule is COC(=O)[C@@H](N)c1cc(Cl)ccc1O.Cl. The van der Waals surface area contributed by atoms with Crippen molar-refractivity contribution in [2.24, 2.45) is 5.73 Å². The summed E-state index contributed by atoms with van der Waals surface area (Å²) >= 11 is 5.69. The summed E-state index contributed by atoms with van der Waals surface area (Å²) in [5, 5.41) is 9.80. The van der Waals surface area contributed by atoms with Crippen LogP contribution in [0.25, 0.3) is 0 Å². The molecule has 15 heavy (non-hydrogen) atoms. The van der Waals surface area contributed by atoms with Crippen molar-refractivity contribution in [1.82, 2.24) is 0 Å². The van der Waals surface area contributed by atoms with Gasteiger partial charge in [-0.25, -0.2) is 0 Å². The summed E-state index contributed by atoms with van der Waals surface area (Å²) in [6, 6.07) is 3.29. The molecule has 0 heterocycles. The third kappa shape index (κ3) is 3.27. The van der Waals surface area contributed by atoms with Gasteiger partial charge in [-0.2, -0.15) is 0 Å². The van der Waals surface area contributed by atoms with Gasteiger partial charge >= 0.3 is 5.97 Å². The number of hydrogen-bond acceptors (Lipinski definition) is 4. The van der Waals surface area contributed by atoms with Crippen molar-refractivity contribution in [3.63, 3.8) is 0 Å². The van der Waals surface area contributed by atoms with Gasteiger partial charge < -0.3 is 15.6 Å². The lowest BCUT2D eigenvalue weighted by Crippen LogP contribution is -2.22. The van der Waals surface area contributed by atoms with E-state index in [-0.39, 0.29) is 23.7 Å². The number of carbonyl (C=O) groups excluding carboxylic acids is 1. The fourth-order valence-electron chi connectivity index (χ4n) is 1.03. The minimum atomic E-state index is -1.02. The van der Waals surface area contributed by atoms with E-state index in [1.165, 1.54) is 25.3 Å². The molecule has 0 bridgehead atoms. The number of ether oxygens (including phenoxy) is 1. The Labute approximate surface area is 98.4 Å². The zero-order valence-corrected chi connectivity index (χ0v) is 9.51. The van der Waals surface area contributed by atoms with Crippen LogP contribution in [0.4, 0.5) is 0 Å². The summed E-state index contributed by atoms with van der Waals surface area (Å²) in [6.45, 7) is 0. The first-order valence-electron chi connectivity index (χ1n) is 3.88. The van der Waals surface area contributed by atoms with Crippen LogP contribution in [0, 0.1) is 0 Å². The van der Waals surface area contributed by atoms with Crippen molar-refractivity contribution in [3.05, 3.63) is 28.8 Å². The van der Waals surface area contributed by atoms with Gasteiger partial charge in [-0.05, 0) is 18.2 Å². The van der Waals surface area contributed by atoms with Crippen LogP contribution < -0.4 is 5.73 Å². The van der Waals surface area contributed by atoms with Crippen molar-refractivity contribution in [1.29, 1.82) is 0 Å². The Hall–Kier alpha value is -0.970. The van der Waals surface area contributed by atoms with E-state index in [1.807, 2.05) is 0 Å². The van der Waals surface area contributed by atoms with Gasteiger partial charge in [-0.1, -0.05) is 11.6 Å². The number of phenols is 1. The normalized spacial score (nSPS) is 11.4. The second kappa shape index (κ2) is 5.80. The first-order chi connectivity index (χ1) is 6.56. The topological polar surface area (TPSA) is 72.5 Å². The molecule has 4 nitrogen and oxygen atoms in total. The molecule has 0 amide bonds. The molecule has 1 aromatic carbocycles. The van der Waals surface area contributed by atoms with Crippen molar-refractivity contribution in [2.75, 3.05) is 7.11 Å². The Balaban J connectivity index is 0.00000196. The van der Waals surface area contributed by atoms with E-state index in [0.717, 1.165) is 0 Å². The van der Waals surface area contributed by atoms with E-state index in [0.29, 0.717) is 5.02 Å². The molecule has 0 fully saturated rings. The molecule has 1 rings (SSSR count). The van der Waals surface area contributed by atoms with Gasteiger partial charge in [0.1, 0.15) is 11.8 Å². The molecule has 6 heteroatoms. The quantitative estimate of drug-likeness (QED) is 0.785. The van der Waals surface area contributed by atoms with E-state index in [2.05, 4.69) is 4.74 Å². The van der Waals surface area contributed by atoms with Crippen molar-refractivity contribution in [3.8, 4) is 5.75 Å². The van der Waals surface area contributed by atoms with Crippen molar-refractivity contribution < 1.29 is 14.6 Å². The number of hydrogen-bond donors (Lipinski definition) is 2. The Bertz CT molecular complexity index is 357. The van der Waals surface area contributed by atoms with Gasteiger partial charge in [0.25, 0.3) is 0 Å². The van der Waals surface area contributed by atoms with Crippen LogP contribution in [0.1, 0.15) is 11.6 Å². The number of phenolic OH excluding ortho intramolecular Hbond substituents is 1. The third-order valence-electron chi connectivity index (χ3n) is 1.78. The second-order valence-electron chi connectivity index (χ2n) is 2.70. The molecule has 84 valence electrons. The molecule has 1 atom stereocenters. The Morgan fingerprint density at radius 3 is 2.73 bits per heavy atom. The standard InChI is InChI=1S/C9H10ClNO3.ClH/c1-14-9(13)8(11)6-4-5(10)2-3-7(6)12;/h2-4,8,12H,11H2,1H3;1H/t8-;/m0./s1. The average Bonchev–Trinajstić information content (AvgIpc) is 2.19. The maximum absolute atomic E-state index is 11.1. The monoisotopic (exact) mass is 251 g/mol. The van der Waals surface area contributed by atoms with E-state index in [1.54, 1.807) is 0 Å². The highest BCUT2D eigenvalue weighted by molar-refractivity contribution is 6.30. The van der Waals surface area contributed by atoms with E-state index >= 15 is 0 Å². The summed E-state index contributed by atoms with van der Waals surface area (Å²) in [6.07, 6.45) is 0. The van der Waals surface area contributed by atoms with Crippen LogP contribution in [-0.4, -0.2) is 18.2 Å². The van der Waals surface area contributed by atoms with Crippen LogP contribution in [0.3, 0.4) is 0 Å². The predicted molar refractivity (Wildman–Crippen MR) is 59.3 cm³/mol. The summed E-state index contributed by atoms with van der Waals surface area (Å²) < 4.78 is 4.44. The van der Waals surface area contributed by atoms with E-state index < -0.39 is 12.0 Å². The second-order valence-corrected chi connectivity index (χ2v) is 3.14. The molecule has 0 saturated heterocycles. The number of esters is 1. The maximum atomic E-state index is 11.1. The number of halogens is 2. The largest absolute Gasteiger partial charge is 0.508 e. The Morgan fingerprint density at radius 1 is 1.60 bits per heavy atom. The number of benzene rings is 1. The van der Waals surface area contributed by atoms with Crippen LogP contribution in [-0.2, 0) is 9.53 Å². The highest BCUT2D eigenvalue weighted by Crippen LogP contribution is 2.26. The summed E-state index contributed by atoms with van der Waals surface area (Å²) in [7, 11) is 1.23. The summed E-state index contributed by atoms with van der Waals surface area (Å²) in [5.74, 6) is -0.699. The zero-order valence-electron chi connectivity index (χ0n) is 7.94. The fourth-order valence-corrected chi connectivity index (χ4v) is 1.21. The lowest BCUT2D eigenvalue weighted by molar-refractivity contribution is -0.142. The lowest BCUT2D eigenvalue weighted by Gasteiger charge is -2.11. The summed E-state index contributed by atoms with van der Waals surface area (Å²) in [5.41, 5.74) is 5.78. The van der Waals surface area contributed by atoms with Gasteiger partial charge in [-0.15, -0.1) is 12.4 Å². The number of methoxy groups -OCH3 is 1. The predicted octanol–water partition coefficient (Wildman–Crippen LogP) is 1.64. The van der Waals surface area contributed by atoms with Crippen LogP contribution in [0.5, 0.6) is 5.75 Å². The van der Waals surface area contributed by atoms with Gasteiger partial charge in [0.05, 0.1) is 7.11 Å². The molecule has 0 aliphatic rings.